The lowest BCUT2D eigenvalue weighted by molar-refractivity contribution is 0.191. The van der Waals surface area contributed by atoms with E-state index in [1.54, 1.807) is 0 Å². The van der Waals surface area contributed by atoms with Gasteiger partial charge in [0.15, 0.2) is 5.82 Å². The van der Waals surface area contributed by atoms with Crippen molar-refractivity contribution in [1.82, 2.24) is 0 Å². The second-order valence-corrected chi connectivity index (χ2v) is 4.41. The van der Waals surface area contributed by atoms with E-state index >= 15 is 0 Å². The van der Waals surface area contributed by atoms with Crippen LogP contribution in [0.25, 0.3) is 0 Å². The summed E-state index contributed by atoms with van der Waals surface area (Å²) in [5, 5.41) is 9.28. The van der Waals surface area contributed by atoms with Crippen molar-refractivity contribution >= 4 is 5.69 Å². The van der Waals surface area contributed by atoms with Crippen LogP contribution in [0.5, 0.6) is 0 Å². The Morgan fingerprint density at radius 1 is 1.41 bits per heavy atom. The molecule has 17 heavy (non-hydrogen) atoms. The molecule has 5 N–H and O–H groups in total. The number of hydrogen-bond donors (Lipinski definition) is 3. The predicted octanol–water partition coefficient (Wildman–Crippen LogP) is 1.05. The minimum atomic E-state index is -1.86. The normalized spacial score (nSPS) is 26.6. The van der Waals surface area contributed by atoms with Gasteiger partial charge in [0, 0.05) is 11.5 Å². The molecule has 1 aliphatic carbocycles. The Bertz CT molecular complexity index is 455. The quantitative estimate of drug-likeness (QED) is 0.698. The van der Waals surface area contributed by atoms with Gasteiger partial charge in [0.2, 0.25) is 0 Å². The number of halogens is 3. The first kappa shape index (κ1) is 12.2. The number of aliphatic hydroxyl groups excluding tert-OH is 1. The Kier molecular flexibility index (Phi) is 2.79. The molecule has 0 heterocycles. The van der Waals surface area contributed by atoms with Gasteiger partial charge in [-0.05, 0) is 18.6 Å². The van der Waals surface area contributed by atoms with Gasteiger partial charge in [0.05, 0.1) is 17.3 Å². The first-order valence-electron chi connectivity index (χ1n) is 5.18. The van der Waals surface area contributed by atoms with Gasteiger partial charge in [-0.25, -0.2) is 13.2 Å². The summed E-state index contributed by atoms with van der Waals surface area (Å²) in [7, 11) is 0. The standard InChI is InChI=1S/C11H13F3N2O/c12-4-11(16,5-3-8(5)17)9-6(13)1-2-7(15)10(9)14/h1-2,5,8,17H,3-4,15-16H2. The van der Waals surface area contributed by atoms with E-state index in [0.29, 0.717) is 0 Å². The lowest BCUT2D eigenvalue weighted by Crippen LogP contribution is -2.44. The average molecular weight is 246 g/mol. The number of benzene rings is 1. The van der Waals surface area contributed by atoms with Gasteiger partial charge in [-0.1, -0.05) is 0 Å². The molecule has 0 radical (unpaired) electrons. The number of nitrogen functional groups attached to an aromatic ring is 1. The fourth-order valence-electron chi connectivity index (χ4n) is 2.08. The summed E-state index contributed by atoms with van der Waals surface area (Å²) in [5.41, 5.74) is 8.30. The molecule has 1 aromatic rings. The van der Waals surface area contributed by atoms with E-state index in [9.17, 15) is 18.3 Å². The van der Waals surface area contributed by atoms with Gasteiger partial charge < -0.3 is 16.6 Å². The van der Waals surface area contributed by atoms with Crippen molar-refractivity contribution in [1.29, 1.82) is 0 Å². The molecule has 3 unspecified atom stereocenters. The van der Waals surface area contributed by atoms with Gasteiger partial charge in [-0.3, -0.25) is 0 Å². The van der Waals surface area contributed by atoms with Crippen molar-refractivity contribution in [3.05, 3.63) is 29.3 Å². The number of alkyl halides is 1. The molecule has 0 aromatic heterocycles. The van der Waals surface area contributed by atoms with Crippen LogP contribution in [0.2, 0.25) is 0 Å². The van der Waals surface area contributed by atoms with Crippen LogP contribution < -0.4 is 11.5 Å². The number of rotatable bonds is 3. The summed E-state index contributed by atoms with van der Waals surface area (Å²) in [5.74, 6) is -2.68. The minimum Gasteiger partial charge on any atom is -0.396 e. The zero-order chi connectivity index (χ0) is 12.8. The molecule has 2 rings (SSSR count). The van der Waals surface area contributed by atoms with Crippen molar-refractivity contribution in [3.8, 4) is 0 Å². The van der Waals surface area contributed by atoms with Crippen LogP contribution in [-0.2, 0) is 5.54 Å². The highest BCUT2D eigenvalue weighted by Crippen LogP contribution is 2.46. The molecule has 0 aliphatic heterocycles. The molecular formula is C11H13F3N2O. The van der Waals surface area contributed by atoms with Crippen LogP contribution in [-0.4, -0.2) is 17.9 Å². The highest BCUT2D eigenvalue weighted by Gasteiger charge is 2.53. The lowest BCUT2D eigenvalue weighted by atomic mass is 9.86. The summed E-state index contributed by atoms with van der Waals surface area (Å²) < 4.78 is 40.4. The first-order chi connectivity index (χ1) is 7.91. The first-order valence-corrected chi connectivity index (χ1v) is 5.18. The topological polar surface area (TPSA) is 72.3 Å². The molecule has 0 spiro atoms. The molecule has 3 atom stereocenters. The zero-order valence-corrected chi connectivity index (χ0v) is 8.96. The van der Waals surface area contributed by atoms with Gasteiger partial charge in [0.25, 0.3) is 0 Å². The van der Waals surface area contributed by atoms with Gasteiger partial charge in [0.1, 0.15) is 12.5 Å². The van der Waals surface area contributed by atoms with Gasteiger partial charge in [-0.15, -0.1) is 0 Å². The van der Waals surface area contributed by atoms with Crippen molar-refractivity contribution in [3.63, 3.8) is 0 Å². The van der Waals surface area contributed by atoms with Crippen LogP contribution in [0.3, 0.4) is 0 Å². The monoisotopic (exact) mass is 246 g/mol. The van der Waals surface area contributed by atoms with E-state index in [-0.39, 0.29) is 12.1 Å². The number of nitrogens with two attached hydrogens (primary N) is 2. The highest BCUT2D eigenvalue weighted by atomic mass is 19.1. The van der Waals surface area contributed by atoms with E-state index in [1.165, 1.54) is 0 Å². The molecule has 0 amide bonds. The maximum atomic E-state index is 13.8. The van der Waals surface area contributed by atoms with Crippen LogP contribution in [0.1, 0.15) is 12.0 Å². The molecule has 3 nitrogen and oxygen atoms in total. The molecule has 1 aromatic carbocycles. The third-order valence-corrected chi connectivity index (χ3v) is 3.23. The average Bonchev–Trinajstić information content (AvgIpc) is 3.02. The SMILES string of the molecule is Nc1ccc(F)c(C(N)(CF)C2CC2O)c1F. The maximum absolute atomic E-state index is 13.8. The smallest absolute Gasteiger partial charge is 0.154 e. The maximum Gasteiger partial charge on any atom is 0.154 e. The van der Waals surface area contributed by atoms with Crippen LogP contribution in [0, 0.1) is 17.6 Å². The molecule has 0 saturated heterocycles. The lowest BCUT2D eigenvalue weighted by Gasteiger charge is -2.28. The van der Waals surface area contributed by atoms with E-state index in [1.807, 2.05) is 0 Å². The van der Waals surface area contributed by atoms with E-state index < -0.39 is 41.4 Å². The summed E-state index contributed by atoms with van der Waals surface area (Å²) in [6.07, 6.45) is -0.593. The molecule has 1 fully saturated rings. The fraction of sp³-hybridized carbons (Fsp3) is 0.455. The summed E-state index contributed by atoms with van der Waals surface area (Å²) >= 11 is 0. The second kappa shape index (κ2) is 3.89. The molecule has 0 bridgehead atoms. The molecule has 1 aliphatic rings. The highest BCUT2D eigenvalue weighted by molar-refractivity contribution is 5.47. The Balaban J connectivity index is 2.54. The number of hydrogen-bond acceptors (Lipinski definition) is 3. The van der Waals surface area contributed by atoms with E-state index in [2.05, 4.69) is 0 Å². The molecule has 6 heteroatoms. The largest absolute Gasteiger partial charge is 0.396 e. The van der Waals surface area contributed by atoms with Gasteiger partial charge >= 0.3 is 0 Å². The van der Waals surface area contributed by atoms with Gasteiger partial charge in [-0.2, -0.15) is 0 Å². The Morgan fingerprint density at radius 3 is 2.47 bits per heavy atom. The van der Waals surface area contributed by atoms with E-state index in [0.717, 1.165) is 12.1 Å². The minimum absolute atomic E-state index is 0.230. The third-order valence-electron chi connectivity index (χ3n) is 3.23. The Morgan fingerprint density at radius 2 is 2.00 bits per heavy atom. The van der Waals surface area contributed by atoms with Crippen molar-refractivity contribution in [2.24, 2.45) is 11.7 Å². The summed E-state index contributed by atoms with van der Waals surface area (Å²) in [4.78, 5) is 0. The third kappa shape index (κ3) is 1.77. The van der Waals surface area contributed by atoms with Crippen LogP contribution in [0.15, 0.2) is 12.1 Å². The fourth-order valence-corrected chi connectivity index (χ4v) is 2.08. The molecule has 1 saturated carbocycles. The molecular weight excluding hydrogens is 233 g/mol. The Labute approximate surface area is 96.2 Å². The Hall–Kier alpha value is -1.27. The predicted molar refractivity (Wildman–Crippen MR) is 56.7 cm³/mol. The number of aliphatic hydroxyl groups is 1. The number of anilines is 1. The van der Waals surface area contributed by atoms with Crippen molar-refractivity contribution < 1.29 is 18.3 Å². The zero-order valence-electron chi connectivity index (χ0n) is 8.96. The van der Waals surface area contributed by atoms with Crippen LogP contribution in [0.4, 0.5) is 18.9 Å². The van der Waals surface area contributed by atoms with Crippen LogP contribution >= 0.6 is 0 Å². The van der Waals surface area contributed by atoms with Crippen molar-refractivity contribution in [2.45, 2.75) is 18.1 Å². The summed E-state index contributed by atoms with van der Waals surface area (Å²) in [6, 6.07) is 2.00. The summed E-state index contributed by atoms with van der Waals surface area (Å²) in [6.45, 7) is -1.16. The second-order valence-electron chi connectivity index (χ2n) is 4.41. The van der Waals surface area contributed by atoms with E-state index in [4.69, 9.17) is 11.5 Å². The molecule has 94 valence electrons. The van der Waals surface area contributed by atoms with Crippen molar-refractivity contribution in [2.75, 3.05) is 12.4 Å².